The Morgan fingerprint density at radius 3 is 3.07 bits per heavy atom. The third-order valence-corrected chi connectivity index (χ3v) is 2.75. The number of aromatic nitrogens is 2. The Hall–Kier alpha value is -1.35. The van der Waals surface area contributed by atoms with Crippen molar-refractivity contribution in [1.29, 1.82) is 0 Å². The molecule has 3 aromatic rings. The molecule has 0 radical (unpaired) electrons. The molecule has 0 unspecified atom stereocenters. The lowest BCUT2D eigenvalue weighted by Gasteiger charge is -2.01. The number of hydrogen-bond acceptors (Lipinski definition) is 1. The van der Waals surface area contributed by atoms with Gasteiger partial charge in [-0.2, -0.15) is 0 Å². The Kier molecular flexibility index (Phi) is 1.61. The van der Waals surface area contributed by atoms with Crippen LogP contribution in [0.5, 0.6) is 0 Å². The minimum Gasteiger partial charge on any atom is -0.315 e. The van der Waals surface area contributed by atoms with E-state index in [0.717, 1.165) is 15.5 Å². The summed E-state index contributed by atoms with van der Waals surface area (Å²) in [5.41, 5.74) is 3.33. The summed E-state index contributed by atoms with van der Waals surface area (Å²) in [7, 11) is 0. The maximum atomic E-state index is 4.34. The van der Waals surface area contributed by atoms with Crippen LogP contribution in [0.3, 0.4) is 0 Å². The molecule has 14 heavy (non-hydrogen) atoms. The smallest absolute Gasteiger partial charge is 0.0871 e. The molecular weight excluding hydrogens is 240 g/mol. The number of halogens is 1. The molecule has 0 aromatic carbocycles. The van der Waals surface area contributed by atoms with Crippen molar-refractivity contribution in [2.75, 3.05) is 0 Å². The molecule has 3 heterocycles. The summed E-state index contributed by atoms with van der Waals surface area (Å²) in [4.78, 5) is 4.34. The van der Waals surface area contributed by atoms with E-state index in [2.05, 4.69) is 43.5 Å². The van der Waals surface area contributed by atoms with E-state index in [-0.39, 0.29) is 0 Å². The maximum Gasteiger partial charge on any atom is 0.0871 e. The van der Waals surface area contributed by atoms with E-state index in [0.29, 0.717) is 0 Å². The van der Waals surface area contributed by atoms with E-state index in [1.807, 2.05) is 24.5 Å². The molecule has 0 aliphatic rings. The molecule has 2 nitrogen and oxygen atoms in total. The fourth-order valence-electron chi connectivity index (χ4n) is 1.67. The highest BCUT2D eigenvalue weighted by atomic mass is 79.9. The van der Waals surface area contributed by atoms with Crippen LogP contribution in [0.25, 0.3) is 16.6 Å². The average molecular weight is 247 g/mol. The van der Waals surface area contributed by atoms with E-state index in [1.165, 1.54) is 5.52 Å². The average Bonchev–Trinajstić information content (AvgIpc) is 2.65. The molecule has 3 rings (SSSR count). The Labute approximate surface area is 89.3 Å². The van der Waals surface area contributed by atoms with Crippen molar-refractivity contribution in [3.05, 3.63) is 47.2 Å². The van der Waals surface area contributed by atoms with Crippen LogP contribution in [-0.4, -0.2) is 9.38 Å². The van der Waals surface area contributed by atoms with Crippen LogP contribution in [0, 0.1) is 0 Å². The number of nitrogens with zero attached hydrogens (tertiary/aromatic N) is 2. The zero-order chi connectivity index (χ0) is 9.54. The van der Waals surface area contributed by atoms with Crippen molar-refractivity contribution in [3.63, 3.8) is 0 Å². The molecule has 0 spiro atoms. The van der Waals surface area contributed by atoms with E-state index < -0.39 is 0 Å². The van der Waals surface area contributed by atoms with Gasteiger partial charge in [0.2, 0.25) is 0 Å². The Balaban J connectivity index is 2.60. The van der Waals surface area contributed by atoms with Crippen LogP contribution < -0.4 is 0 Å². The molecule has 0 amide bonds. The van der Waals surface area contributed by atoms with E-state index in [4.69, 9.17) is 0 Å². The van der Waals surface area contributed by atoms with Gasteiger partial charge in [0.15, 0.2) is 0 Å². The standard InChI is InChI=1S/C11H7BrN2/c12-8-6-11-10(13-7-8)4-3-9-2-1-5-14(9)11/h1-7H. The SMILES string of the molecule is Brc1cnc2ccc3cccn3c2c1. The fourth-order valence-corrected chi connectivity index (χ4v) is 1.99. The van der Waals surface area contributed by atoms with Crippen LogP contribution in [0.4, 0.5) is 0 Å². The number of pyridine rings is 2. The van der Waals surface area contributed by atoms with Gasteiger partial charge in [0.1, 0.15) is 0 Å². The third-order valence-electron chi connectivity index (χ3n) is 2.32. The first-order valence-corrected chi connectivity index (χ1v) is 5.15. The second-order valence-corrected chi connectivity index (χ2v) is 4.11. The quantitative estimate of drug-likeness (QED) is 0.596. The summed E-state index contributed by atoms with van der Waals surface area (Å²) in [5, 5.41) is 0. The van der Waals surface area contributed by atoms with Gasteiger partial charge in [-0.15, -0.1) is 0 Å². The molecule has 0 N–H and O–H groups in total. The highest BCUT2D eigenvalue weighted by molar-refractivity contribution is 9.10. The second-order valence-electron chi connectivity index (χ2n) is 3.19. The highest BCUT2D eigenvalue weighted by Crippen LogP contribution is 2.19. The highest BCUT2D eigenvalue weighted by Gasteiger charge is 2.00. The molecule has 68 valence electrons. The zero-order valence-electron chi connectivity index (χ0n) is 7.31. The summed E-state index contributed by atoms with van der Waals surface area (Å²) in [6, 6.07) is 10.3. The van der Waals surface area contributed by atoms with Gasteiger partial charge in [0, 0.05) is 22.4 Å². The summed E-state index contributed by atoms with van der Waals surface area (Å²) >= 11 is 3.43. The Morgan fingerprint density at radius 1 is 1.21 bits per heavy atom. The van der Waals surface area contributed by atoms with Gasteiger partial charge in [-0.25, -0.2) is 0 Å². The lowest BCUT2D eigenvalue weighted by Crippen LogP contribution is -1.87. The number of hydrogen-bond donors (Lipinski definition) is 0. The van der Waals surface area contributed by atoms with Crippen LogP contribution in [0.2, 0.25) is 0 Å². The summed E-state index contributed by atoms with van der Waals surface area (Å²) in [6.07, 6.45) is 3.86. The first-order chi connectivity index (χ1) is 6.84. The molecule has 0 aliphatic heterocycles. The van der Waals surface area contributed by atoms with E-state index >= 15 is 0 Å². The monoisotopic (exact) mass is 246 g/mol. The van der Waals surface area contributed by atoms with Crippen LogP contribution in [0.15, 0.2) is 47.2 Å². The van der Waals surface area contributed by atoms with Gasteiger partial charge in [-0.05, 0) is 46.3 Å². The van der Waals surface area contributed by atoms with Gasteiger partial charge in [-0.3, -0.25) is 4.98 Å². The lowest BCUT2D eigenvalue weighted by molar-refractivity contribution is 1.24. The van der Waals surface area contributed by atoms with Crippen molar-refractivity contribution in [2.24, 2.45) is 0 Å². The van der Waals surface area contributed by atoms with Crippen LogP contribution in [-0.2, 0) is 0 Å². The minimum absolute atomic E-state index is 1.01. The van der Waals surface area contributed by atoms with Gasteiger partial charge >= 0.3 is 0 Å². The molecule has 3 heteroatoms. The summed E-state index contributed by atoms with van der Waals surface area (Å²) in [5.74, 6) is 0. The lowest BCUT2D eigenvalue weighted by atomic mass is 10.3. The van der Waals surface area contributed by atoms with E-state index in [1.54, 1.807) is 0 Å². The number of rotatable bonds is 0. The van der Waals surface area contributed by atoms with Crippen molar-refractivity contribution in [3.8, 4) is 0 Å². The van der Waals surface area contributed by atoms with Crippen molar-refractivity contribution < 1.29 is 0 Å². The Morgan fingerprint density at radius 2 is 2.14 bits per heavy atom. The third kappa shape index (κ3) is 1.06. The number of fused-ring (bicyclic) bond motifs is 3. The molecule has 0 aliphatic carbocycles. The second kappa shape index (κ2) is 2.82. The molecule has 0 fully saturated rings. The van der Waals surface area contributed by atoms with Gasteiger partial charge in [0.05, 0.1) is 11.0 Å². The van der Waals surface area contributed by atoms with Crippen LogP contribution in [0.1, 0.15) is 0 Å². The molecule has 3 aromatic heterocycles. The van der Waals surface area contributed by atoms with Crippen LogP contribution >= 0.6 is 15.9 Å². The summed E-state index contributed by atoms with van der Waals surface area (Å²) < 4.78 is 3.14. The van der Waals surface area contributed by atoms with Gasteiger partial charge in [-0.1, -0.05) is 0 Å². The first-order valence-electron chi connectivity index (χ1n) is 4.36. The van der Waals surface area contributed by atoms with E-state index in [9.17, 15) is 0 Å². The van der Waals surface area contributed by atoms with Gasteiger partial charge < -0.3 is 4.40 Å². The fraction of sp³-hybridized carbons (Fsp3) is 0. The predicted molar refractivity (Wildman–Crippen MR) is 60.4 cm³/mol. The topological polar surface area (TPSA) is 17.3 Å². The first kappa shape index (κ1) is 8.00. The normalized spacial score (nSPS) is 11.2. The summed E-state index contributed by atoms with van der Waals surface area (Å²) in [6.45, 7) is 0. The largest absolute Gasteiger partial charge is 0.315 e. The van der Waals surface area contributed by atoms with Crippen molar-refractivity contribution >= 4 is 32.5 Å². The molecular formula is C11H7BrN2. The van der Waals surface area contributed by atoms with Crippen molar-refractivity contribution in [2.45, 2.75) is 0 Å². The predicted octanol–water partition coefficient (Wildman–Crippen LogP) is 3.25. The Bertz CT molecular complexity index is 613. The molecule has 0 saturated heterocycles. The molecule has 0 saturated carbocycles. The van der Waals surface area contributed by atoms with Crippen molar-refractivity contribution in [1.82, 2.24) is 9.38 Å². The molecule has 0 atom stereocenters. The minimum atomic E-state index is 1.01. The molecule has 0 bridgehead atoms. The zero-order valence-corrected chi connectivity index (χ0v) is 8.90. The maximum absolute atomic E-state index is 4.34. The van der Waals surface area contributed by atoms with Gasteiger partial charge in [0.25, 0.3) is 0 Å².